The second kappa shape index (κ2) is 10.9. The van der Waals surface area contributed by atoms with E-state index in [1.165, 1.54) is 18.2 Å². The Labute approximate surface area is 188 Å². The minimum absolute atomic E-state index is 0.125. The van der Waals surface area contributed by atoms with Gasteiger partial charge in [0.2, 0.25) is 15.9 Å². The Bertz CT molecular complexity index is 943. The standard InChI is InChI=1S/C21H26Cl2N2O4S/c1-15(2)29-20-8-6-16(7-9-20)5-4-10-24-21(26)14-25(30(3,27)28)19-12-17(22)11-18(23)13-19/h6-9,11-13,15H,4-5,10,14H2,1-3H3,(H,24,26). The summed E-state index contributed by atoms with van der Waals surface area (Å²) >= 11 is 11.9. The van der Waals surface area contributed by atoms with E-state index in [0.29, 0.717) is 6.54 Å². The first-order valence-corrected chi connectivity index (χ1v) is 12.1. The molecule has 0 radical (unpaired) electrons. The monoisotopic (exact) mass is 472 g/mol. The van der Waals surface area contributed by atoms with Crippen molar-refractivity contribution < 1.29 is 17.9 Å². The molecule has 164 valence electrons. The third-order valence-corrected chi connectivity index (χ3v) is 5.66. The van der Waals surface area contributed by atoms with Gasteiger partial charge in [-0.25, -0.2) is 8.42 Å². The molecule has 2 aromatic carbocycles. The van der Waals surface area contributed by atoms with Gasteiger partial charge in [0, 0.05) is 16.6 Å². The molecule has 0 aromatic heterocycles. The molecular formula is C21H26Cl2N2O4S. The van der Waals surface area contributed by atoms with Crippen LogP contribution in [-0.2, 0) is 21.2 Å². The Hall–Kier alpha value is -1.96. The summed E-state index contributed by atoms with van der Waals surface area (Å²) in [5.74, 6) is 0.418. The van der Waals surface area contributed by atoms with E-state index in [-0.39, 0.29) is 28.4 Å². The number of nitrogens with zero attached hydrogens (tertiary/aromatic N) is 1. The molecule has 1 amide bonds. The molecular weight excluding hydrogens is 447 g/mol. The van der Waals surface area contributed by atoms with Crippen LogP contribution in [0.2, 0.25) is 10.0 Å². The lowest BCUT2D eigenvalue weighted by molar-refractivity contribution is -0.119. The predicted molar refractivity (Wildman–Crippen MR) is 122 cm³/mol. The summed E-state index contributed by atoms with van der Waals surface area (Å²) in [6.45, 7) is 4.03. The van der Waals surface area contributed by atoms with E-state index in [4.69, 9.17) is 27.9 Å². The number of benzene rings is 2. The van der Waals surface area contributed by atoms with Gasteiger partial charge in [0.15, 0.2) is 0 Å². The van der Waals surface area contributed by atoms with Crippen LogP contribution in [0.4, 0.5) is 5.69 Å². The largest absolute Gasteiger partial charge is 0.491 e. The first-order valence-electron chi connectivity index (χ1n) is 9.50. The summed E-state index contributed by atoms with van der Waals surface area (Å²) in [4.78, 5) is 12.3. The van der Waals surface area contributed by atoms with Crippen molar-refractivity contribution >= 4 is 44.8 Å². The first kappa shape index (κ1) is 24.3. The topological polar surface area (TPSA) is 75.7 Å². The van der Waals surface area contributed by atoms with Crippen molar-refractivity contribution in [1.82, 2.24) is 5.32 Å². The molecule has 0 fully saturated rings. The Morgan fingerprint density at radius 1 is 1.10 bits per heavy atom. The molecule has 0 bridgehead atoms. The summed E-state index contributed by atoms with van der Waals surface area (Å²) in [5.41, 5.74) is 1.38. The number of hydrogen-bond donors (Lipinski definition) is 1. The van der Waals surface area contributed by atoms with Crippen LogP contribution >= 0.6 is 23.2 Å². The number of rotatable bonds is 10. The van der Waals surface area contributed by atoms with Gasteiger partial charge in [-0.15, -0.1) is 0 Å². The Kier molecular flexibility index (Phi) is 8.82. The van der Waals surface area contributed by atoms with Gasteiger partial charge in [0.1, 0.15) is 12.3 Å². The highest BCUT2D eigenvalue weighted by atomic mass is 35.5. The lowest BCUT2D eigenvalue weighted by Crippen LogP contribution is -2.40. The zero-order valence-electron chi connectivity index (χ0n) is 17.2. The number of aryl methyl sites for hydroxylation is 1. The second-order valence-electron chi connectivity index (χ2n) is 7.16. The summed E-state index contributed by atoms with van der Waals surface area (Å²) in [6.07, 6.45) is 2.65. The van der Waals surface area contributed by atoms with Crippen molar-refractivity contribution in [1.29, 1.82) is 0 Å². The van der Waals surface area contributed by atoms with Gasteiger partial charge in [-0.3, -0.25) is 9.10 Å². The predicted octanol–water partition coefficient (Wildman–Crippen LogP) is 4.30. The molecule has 1 N–H and O–H groups in total. The van der Waals surface area contributed by atoms with Crippen LogP contribution in [0.5, 0.6) is 5.75 Å². The molecule has 2 rings (SSSR count). The van der Waals surface area contributed by atoms with Crippen LogP contribution in [0.3, 0.4) is 0 Å². The van der Waals surface area contributed by atoms with Gasteiger partial charge in [0.05, 0.1) is 18.0 Å². The molecule has 0 aliphatic carbocycles. The third kappa shape index (κ3) is 8.05. The van der Waals surface area contributed by atoms with Crippen molar-refractivity contribution in [3.05, 3.63) is 58.1 Å². The minimum atomic E-state index is -3.69. The maximum absolute atomic E-state index is 12.3. The Morgan fingerprint density at radius 3 is 2.23 bits per heavy atom. The zero-order chi connectivity index (χ0) is 22.3. The van der Waals surface area contributed by atoms with Crippen LogP contribution in [-0.4, -0.2) is 39.8 Å². The highest BCUT2D eigenvalue weighted by Crippen LogP contribution is 2.26. The lowest BCUT2D eigenvalue weighted by atomic mass is 10.1. The Balaban J connectivity index is 1.87. The molecule has 0 atom stereocenters. The number of halogens is 2. The quantitative estimate of drug-likeness (QED) is 0.523. The summed E-state index contributed by atoms with van der Waals surface area (Å²) in [6, 6.07) is 12.2. The SMILES string of the molecule is CC(C)Oc1ccc(CCCNC(=O)CN(c2cc(Cl)cc(Cl)c2)S(C)(=O)=O)cc1. The molecule has 0 unspecified atom stereocenters. The van der Waals surface area contributed by atoms with E-state index in [0.717, 1.165) is 34.7 Å². The smallest absolute Gasteiger partial charge is 0.240 e. The van der Waals surface area contributed by atoms with Crippen LogP contribution in [0.15, 0.2) is 42.5 Å². The van der Waals surface area contributed by atoms with E-state index < -0.39 is 15.9 Å². The molecule has 0 aliphatic rings. The summed E-state index contributed by atoms with van der Waals surface area (Å²) < 4.78 is 30.9. The number of hydrogen-bond acceptors (Lipinski definition) is 4. The highest BCUT2D eigenvalue weighted by Gasteiger charge is 2.21. The third-order valence-electron chi connectivity index (χ3n) is 4.08. The van der Waals surface area contributed by atoms with Crippen molar-refractivity contribution in [2.24, 2.45) is 0 Å². The average molecular weight is 473 g/mol. The van der Waals surface area contributed by atoms with Crippen molar-refractivity contribution in [2.75, 3.05) is 23.7 Å². The minimum Gasteiger partial charge on any atom is -0.491 e. The highest BCUT2D eigenvalue weighted by molar-refractivity contribution is 7.92. The molecule has 0 saturated heterocycles. The number of ether oxygens (including phenoxy) is 1. The van der Waals surface area contributed by atoms with Gasteiger partial charge >= 0.3 is 0 Å². The summed E-state index contributed by atoms with van der Waals surface area (Å²) in [5, 5.41) is 3.33. The number of carbonyl (C=O) groups excluding carboxylic acids is 1. The number of carbonyl (C=O) groups is 1. The van der Waals surface area contributed by atoms with Gasteiger partial charge in [0.25, 0.3) is 0 Å². The van der Waals surface area contributed by atoms with Crippen molar-refractivity contribution in [2.45, 2.75) is 32.8 Å². The lowest BCUT2D eigenvalue weighted by Gasteiger charge is -2.22. The van der Waals surface area contributed by atoms with Crippen LogP contribution in [0, 0.1) is 0 Å². The summed E-state index contributed by atoms with van der Waals surface area (Å²) in [7, 11) is -3.69. The van der Waals surface area contributed by atoms with E-state index in [9.17, 15) is 13.2 Å². The molecule has 0 aliphatic heterocycles. The zero-order valence-corrected chi connectivity index (χ0v) is 19.5. The van der Waals surface area contributed by atoms with E-state index in [2.05, 4.69) is 5.32 Å². The molecule has 0 saturated carbocycles. The van der Waals surface area contributed by atoms with Gasteiger partial charge < -0.3 is 10.1 Å². The van der Waals surface area contributed by atoms with Crippen LogP contribution in [0.1, 0.15) is 25.8 Å². The Morgan fingerprint density at radius 2 is 1.70 bits per heavy atom. The maximum atomic E-state index is 12.3. The average Bonchev–Trinajstić information content (AvgIpc) is 2.62. The molecule has 0 spiro atoms. The van der Waals surface area contributed by atoms with Gasteiger partial charge in [-0.2, -0.15) is 0 Å². The van der Waals surface area contributed by atoms with Crippen molar-refractivity contribution in [3.63, 3.8) is 0 Å². The van der Waals surface area contributed by atoms with Crippen LogP contribution in [0.25, 0.3) is 0 Å². The van der Waals surface area contributed by atoms with Crippen molar-refractivity contribution in [3.8, 4) is 5.75 Å². The second-order valence-corrected chi connectivity index (χ2v) is 9.94. The van der Waals surface area contributed by atoms with Crippen LogP contribution < -0.4 is 14.4 Å². The fourth-order valence-corrected chi connectivity index (χ4v) is 4.15. The molecule has 9 heteroatoms. The fraction of sp³-hybridized carbons (Fsp3) is 0.381. The number of sulfonamides is 1. The fourth-order valence-electron chi connectivity index (χ4n) is 2.80. The molecule has 0 heterocycles. The van der Waals surface area contributed by atoms with Gasteiger partial charge in [-0.1, -0.05) is 35.3 Å². The number of amides is 1. The van der Waals surface area contributed by atoms with Gasteiger partial charge in [-0.05, 0) is 62.6 Å². The maximum Gasteiger partial charge on any atom is 0.240 e. The first-order chi connectivity index (χ1) is 14.0. The number of nitrogens with one attached hydrogen (secondary N) is 1. The van der Waals surface area contributed by atoms with E-state index >= 15 is 0 Å². The normalized spacial score (nSPS) is 11.4. The molecule has 2 aromatic rings. The number of anilines is 1. The van der Waals surface area contributed by atoms with E-state index in [1.54, 1.807) is 0 Å². The molecule has 6 nitrogen and oxygen atoms in total. The molecule has 30 heavy (non-hydrogen) atoms. The van der Waals surface area contributed by atoms with E-state index in [1.807, 2.05) is 38.1 Å².